The number of nitrogens with zero attached hydrogens (tertiary/aromatic N) is 3. The molecule has 0 unspecified atom stereocenters. The number of benzene rings is 3. The molecule has 3 aliphatic rings. The van der Waals surface area contributed by atoms with Crippen LogP contribution in [0.2, 0.25) is 0 Å². The van der Waals surface area contributed by atoms with Crippen LogP contribution < -0.4 is 10.6 Å². The molecule has 258 valence electrons. The summed E-state index contributed by atoms with van der Waals surface area (Å²) >= 11 is 6.76. The normalized spacial score (nSPS) is 17.6. The van der Waals surface area contributed by atoms with Gasteiger partial charge in [0.1, 0.15) is 11.8 Å². The molecule has 2 saturated heterocycles. The number of hydrogen-bond donors (Lipinski definition) is 3. The zero-order valence-corrected chi connectivity index (χ0v) is 30.3. The second kappa shape index (κ2) is 15.2. The lowest BCUT2D eigenvalue weighted by Crippen LogP contribution is -2.57. The number of hydrogen-bond acceptors (Lipinski definition) is 6. The van der Waals surface area contributed by atoms with E-state index in [9.17, 15) is 24.3 Å². The zero-order chi connectivity index (χ0) is 34.7. The summed E-state index contributed by atoms with van der Waals surface area (Å²) in [4.78, 5) is 57.8. The second-order valence-corrected chi connectivity index (χ2v) is 14.5. The molecule has 3 heterocycles. The van der Waals surface area contributed by atoms with Gasteiger partial charge < -0.3 is 35.2 Å². The lowest BCUT2D eigenvalue weighted by molar-refractivity contribution is -0.134. The van der Waals surface area contributed by atoms with E-state index in [1.165, 1.54) is 7.11 Å². The van der Waals surface area contributed by atoms with Crippen LogP contribution in [0, 0.1) is 0 Å². The Morgan fingerprint density at radius 1 is 0.939 bits per heavy atom. The van der Waals surface area contributed by atoms with E-state index in [1.54, 1.807) is 29.2 Å². The number of carbonyl (C=O) groups is 4. The molecule has 13 heteroatoms. The van der Waals surface area contributed by atoms with Crippen molar-refractivity contribution in [2.45, 2.75) is 56.7 Å². The first-order chi connectivity index (χ1) is 23.6. The monoisotopic (exact) mass is 795 g/mol. The van der Waals surface area contributed by atoms with Gasteiger partial charge in [0.25, 0.3) is 0 Å². The molecular weight excluding hydrogens is 758 g/mol. The molecule has 3 N–H and O–H groups in total. The number of amides is 5. The smallest absolute Gasteiger partial charge is 0.337 e. The predicted molar refractivity (Wildman–Crippen MR) is 191 cm³/mol. The number of aromatic hydroxyl groups is 1. The SMILES string of the molecule is COC(=O)c1ccc(C2CCN(C(=O)[C@@H](Cc3cc(Br)c(O)c(Br)c3)NC(=O)N3CCC(N4Cc5ccccc5NC4=O)CC3)CC2)cc1. The quantitative estimate of drug-likeness (QED) is 0.243. The van der Waals surface area contributed by atoms with Crippen LogP contribution >= 0.6 is 31.9 Å². The van der Waals surface area contributed by atoms with Gasteiger partial charge in [-0.25, -0.2) is 14.4 Å². The van der Waals surface area contributed by atoms with Crippen molar-refractivity contribution in [1.82, 2.24) is 20.0 Å². The Labute approximate surface area is 302 Å². The average Bonchev–Trinajstić information content (AvgIpc) is 3.12. The van der Waals surface area contributed by atoms with Crippen molar-refractivity contribution in [1.29, 1.82) is 0 Å². The molecule has 0 spiro atoms. The van der Waals surface area contributed by atoms with Crippen LogP contribution in [0.1, 0.15) is 58.6 Å². The van der Waals surface area contributed by atoms with E-state index in [-0.39, 0.29) is 48.1 Å². The van der Waals surface area contributed by atoms with Gasteiger partial charge in [0.15, 0.2) is 0 Å². The average molecular weight is 798 g/mol. The number of phenols is 1. The number of anilines is 1. The topological polar surface area (TPSA) is 132 Å². The number of halogens is 2. The summed E-state index contributed by atoms with van der Waals surface area (Å²) in [6, 6.07) is 17.4. The standard InChI is InChI=1S/C36H39Br2N5O6/c1-49-34(46)25-8-6-23(7-9-25)24-10-14-41(15-11-24)33(45)31(20-22-18-28(37)32(44)29(38)19-22)40-35(47)42-16-12-27(13-17-42)43-21-26-4-2-3-5-30(26)39-36(43)48/h2-9,18-19,24,27,31,44H,10-17,20-21H2,1H3,(H,39,48)(H,40,47)/t31-/m1/s1. The minimum atomic E-state index is -0.825. The van der Waals surface area contributed by atoms with Gasteiger partial charge in [-0.05, 0) is 110 Å². The summed E-state index contributed by atoms with van der Waals surface area (Å²) in [5.74, 6) is -0.236. The Kier molecular flexibility index (Phi) is 10.8. The number of urea groups is 2. The van der Waals surface area contributed by atoms with E-state index in [0.29, 0.717) is 60.1 Å². The number of fused-ring (bicyclic) bond motifs is 1. The number of nitrogens with one attached hydrogen (secondary N) is 2. The maximum Gasteiger partial charge on any atom is 0.337 e. The molecule has 5 amide bonds. The van der Waals surface area contributed by atoms with Crippen LogP contribution in [0.25, 0.3) is 0 Å². The molecule has 3 aromatic carbocycles. The van der Waals surface area contributed by atoms with Crippen molar-refractivity contribution in [2.24, 2.45) is 0 Å². The number of esters is 1. The van der Waals surface area contributed by atoms with Gasteiger partial charge in [-0.1, -0.05) is 30.3 Å². The van der Waals surface area contributed by atoms with Crippen molar-refractivity contribution in [3.05, 3.63) is 91.9 Å². The molecule has 6 rings (SSSR count). The lowest BCUT2D eigenvalue weighted by atomic mass is 9.88. The molecule has 11 nitrogen and oxygen atoms in total. The zero-order valence-electron chi connectivity index (χ0n) is 27.2. The highest BCUT2D eigenvalue weighted by molar-refractivity contribution is 9.11. The van der Waals surface area contributed by atoms with E-state index < -0.39 is 6.04 Å². The molecule has 49 heavy (non-hydrogen) atoms. The first kappa shape index (κ1) is 34.8. The minimum Gasteiger partial charge on any atom is -0.506 e. The van der Waals surface area contributed by atoms with Gasteiger partial charge in [0.2, 0.25) is 5.91 Å². The van der Waals surface area contributed by atoms with E-state index in [1.807, 2.05) is 46.2 Å². The Morgan fingerprint density at radius 2 is 1.57 bits per heavy atom. The van der Waals surface area contributed by atoms with Crippen LogP contribution in [0.3, 0.4) is 0 Å². The summed E-state index contributed by atoms with van der Waals surface area (Å²) in [7, 11) is 1.36. The molecular formula is C36H39Br2N5O6. The molecule has 3 aromatic rings. The molecule has 0 radical (unpaired) electrons. The summed E-state index contributed by atoms with van der Waals surface area (Å²) in [5.41, 5.74) is 4.28. The van der Waals surface area contributed by atoms with Crippen molar-refractivity contribution >= 4 is 61.5 Å². The van der Waals surface area contributed by atoms with Crippen molar-refractivity contribution in [3.63, 3.8) is 0 Å². The van der Waals surface area contributed by atoms with Gasteiger partial charge >= 0.3 is 18.0 Å². The van der Waals surface area contributed by atoms with Gasteiger partial charge in [-0.3, -0.25) is 4.79 Å². The van der Waals surface area contributed by atoms with E-state index >= 15 is 0 Å². The number of methoxy groups -OCH3 is 1. The first-order valence-electron chi connectivity index (χ1n) is 16.5. The van der Waals surface area contributed by atoms with Gasteiger partial charge in [-0.2, -0.15) is 0 Å². The van der Waals surface area contributed by atoms with Gasteiger partial charge in [0.05, 0.1) is 21.6 Å². The second-order valence-electron chi connectivity index (χ2n) is 12.8. The van der Waals surface area contributed by atoms with Crippen LogP contribution in [-0.2, 0) is 22.5 Å². The number of para-hydroxylation sites is 1. The van der Waals surface area contributed by atoms with Crippen LogP contribution in [0.4, 0.5) is 15.3 Å². The highest BCUT2D eigenvalue weighted by Gasteiger charge is 2.35. The fraction of sp³-hybridized carbons (Fsp3) is 0.389. The maximum atomic E-state index is 14.1. The molecule has 0 saturated carbocycles. The number of piperidine rings is 2. The molecule has 3 aliphatic heterocycles. The maximum absolute atomic E-state index is 14.1. The van der Waals surface area contributed by atoms with E-state index in [2.05, 4.69) is 42.5 Å². The Balaban J connectivity index is 1.10. The Morgan fingerprint density at radius 3 is 2.22 bits per heavy atom. The molecule has 0 bridgehead atoms. The fourth-order valence-corrected chi connectivity index (χ4v) is 8.25. The highest BCUT2D eigenvalue weighted by Crippen LogP contribution is 2.34. The van der Waals surface area contributed by atoms with E-state index in [0.717, 1.165) is 35.2 Å². The van der Waals surface area contributed by atoms with E-state index in [4.69, 9.17) is 4.74 Å². The highest BCUT2D eigenvalue weighted by atomic mass is 79.9. The third-order valence-electron chi connectivity index (χ3n) is 9.78. The molecule has 2 fully saturated rings. The molecule has 1 atom stereocenters. The third kappa shape index (κ3) is 7.88. The van der Waals surface area contributed by atoms with Crippen molar-refractivity contribution < 1.29 is 29.0 Å². The van der Waals surface area contributed by atoms with Crippen molar-refractivity contribution in [2.75, 3.05) is 38.6 Å². The lowest BCUT2D eigenvalue weighted by Gasteiger charge is -2.41. The number of rotatable bonds is 7. The molecule has 0 aliphatic carbocycles. The largest absolute Gasteiger partial charge is 0.506 e. The van der Waals surface area contributed by atoms with Crippen LogP contribution in [-0.4, -0.2) is 89.1 Å². The Hall–Kier alpha value is -4.10. The number of carbonyl (C=O) groups excluding carboxylic acids is 4. The van der Waals surface area contributed by atoms with Crippen molar-refractivity contribution in [3.8, 4) is 5.75 Å². The number of ether oxygens (including phenoxy) is 1. The van der Waals surface area contributed by atoms with Gasteiger partial charge in [0, 0.05) is 50.9 Å². The van der Waals surface area contributed by atoms with Crippen LogP contribution in [0.5, 0.6) is 5.75 Å². The summed E-state index contributed by atoms with van der Waals surface area (Å²) in [6.45, 7) is 2.51. The fourth-order valence-electron chi connectivity index (χ4n) is 6.97. The number of phenolic OH excluding ortho intramolecular Hbond substituents is 1. The summed E-state index contributed by atoms with van der Waals surface area (Å²) in [5, 5.41) is 16.3. The minimum absolute atomic E-state index is 0.000466. The predicted octanol–water partition coefficient (Wildman–Crippen LogP) is 6.24. The van der Waals surface area contributed by atoms with Gasteiger partial charge in [-0.15, -0.1) is 0 Å². The summed E-state index contributed by atoms with van der Waals surface area (Å²) < 4.78 is 5.78. The summed E-state index contributed by atoms with van der Waals surface area (Å²) in [6.07, 6.45) is 3.01. The molecule has 0 aromatic heterocycles. The third-order valence-corrected chi connectivity index (χ3v) is 11.0. The Bertz CT molecular complexity index is 1700. The van der Waals surface area contributed by atoms with Crippen LogP contribution in [0.15, 0.2) is 69.6 Å². The number of likely N-dealkylation sites (tertiary alicyclic amines) is 2. The first-order valence-corrected chi connectivity index (χ1v) is 18.0.